The summed E-state index contributed by atoms with van der Waals surface area (Å²) < 4.78 is 35.0. The Labute approximate surface area is 193 Å². The van der Waals surface area contributed by atoms with Crippen molar-refractivity contribution in [2.24, 2.45) is 5.14 Å². The number of furan rings is 1. The fourth-order valence-corrected chi connectivity index (χ4v) is 5.62. The van der Waals surface area contributed by atoms with Crippen molar-refractivity contribution in [3.8, 4) is 5.75 Å². The number of fused-ring (bicyclic) bond motifs is 2. The van der Waals surface area contributed by atoms with Crippen LogP contribution < -0.4 is 9.88 Å². The zero-order valence-corrected chi connectivity index (χ0v) is 19.3. The average Bonchev–Trinajstić information content (AvgIpc) is 3.24. The molecule has 1 saturated heterocycles. The van der Waals surface area contributed by atoms with Gasteiger partial charge in [0.25, 0.3) is 0 Å². The lowest BCUT2D eigenvalue weighted by Gasteiger charge is -2.32. The first kappa shape index (κ1) is 21.9. The van der Waals surface area contributed by atoms with Gasteiger partial charge in [0.1, 0.15) is 11.3 Å². The lowest BCUT2D eigenvalue weighted by Crippen LogP contribution is -2.34. The number of piperidine rings is 1. The van der Waals surface area contributed by atoms with Crippen molar-refractivity contribution < 1.29 is 17.6 Å². The quantitative estimate of drug-likeness (QED) is 0.461. The highest BCUT2D eigenvalue weighted by atomic mass is 32.2. The van der Waals surface area contributed by atoms with E-state index in [1.165, 1.54) is 5.56 Å². The molecule has 4 aromatic rings. The fourth-order valence-electron chi connectivity index (χ4n) is 4.87. The van der Waals surface area contributed by atoms with Gasteiger partial charge in [-0.3, -0.25) is 4.98 Å². The smallest absolute Gasteiger partial charge is 0.238 e. The predicted octanol–water partition coefficient (Wildman–Crippen LogP) is 4.06. The highest BCUT2D eigenvalue weighted by molar-refractivity contribution is 7.89. The summed E-state index contributed by atoms with van der Waals surface area (Å²) in [6, 6.07) is 12.9. The van der Waals surface area contributed by atoms with E-state index in [1.54, 1.807) is 31.5 Å². The van der Waals surface area contributed by atoms with Gasteiger partial charge in [-0.15, -0.1) is 0 Å². The molecule has 0 spiro atoms. The molecule has 1 fully saturated rings. The standard InChI is InChI=1S/C25H27N3O4S/c1-31-19-5-6-20-18(16-32-23(20)15-19)10-14-28-12-8-17(9-13-28)25-22-3-2-4-24(33(26,29)30)21(22)7-11-27-25/h2-7,11,15-17H,8-10,12-14H2,1H3,(H2,26,29,30). The second-order valence-electron chi connectivity index (χ2n) is 8.58. The fraction of sp³-hybridized carbons (Fsp3) is 0.320. The Morgan fingerprint density at radius 3 is 2.70 bits per heavy atom. The monoisotopic (exact) mass is 465 g/mol. The highest BCUT2D eigenvalue weighted by Crippen LogP contribution is 2.34. The number of methoxy groups -OCH3 is 1. The van der Waals surface area contributed by atoms with Gasteiger partial charge < -0.3 is 14.1 Å². The number of ether oxygens (including phenoxy) is 1. The molecule has 2 aromatic heterocycles. The van der Waals surface area contributed by atoms with Crippen LogP contribution in [0.1, 0.15) is 30.0 Å². The van der Waals surface area contributed by atoms with Crippen LogP contribution in [0.25, 0.3) is 21.7 Å². The molecule has 2 aromatic carbocycles. The summed E-state index contributed by atoms with van der Waals surface area (Å²) in [5.74, 6) is 1.09. The summed E-state index contributed by atoms with van der Waals surface area (Å²) >= 11 is 0. The SMILES string of the molecule is COc1ccc2c(CCN3CCC(c4nccc5c(S(N)(=O)=O)cccc45)CC3)coc2c1. The van der Waals surface area contributed by atoms with Crippen molar-refractivity contribution in [1.29, 1.82) is 0 Å². The molecule has 7 nitrogen and oxygen atoms in total. The zero-order valence-electron chi connectivity index (χ0n) is 18.5. The van der Waals surface area contributed by atoms with Gasteiger partial charge in [0.15, 0.2) is 0 Å². The number of primary sulfonamides is 1. The topological polar surface area (TPSA) is 98.7 Å². The van der Waals surface area contributed by atoms with Gasteiger partial charge in [0.2, 0.25) is 10.0 Å². The van der Waals surface area contributed by atoms with Gasteiger partial charge in [-0.1, -0.05) is 12.1 Å². The molecule has 0 amide bonds. The van der Waals surface area contributed by atoms with Crippen LogP contribution in [0, 0.1) is 0 Å². The summed E-state index contributed by atoms with van der Waals surface area (Å²) in [7, 11) is -2.13. The third-order valence-electron chi connectivity index (χ3n) is 6.64. The van der Waals surface area contributed by atoms with E-state index in [2.05, 4.69) is 16.0 Å². The predicted molar refractivity (Wildman–Crippen MR) is 128 cm³/mol. The van der Waals surface area contributed by atoms with E-state index >= 15 is 0 Å². The second kappa shape index (κ2) is 8.78. The molecule has 0 bridgehead atoms. The Kier molecular flexibility index (Phi) is 5.82. The van der Waals surface area contributed by atoms with Gasteiger partial charge in [0.05, 0.1) is 24.0 Å². The summed E-state index contributed by atoms with van der Waals surface area (Å²) in [5.41, 5.74) is 3.03. The van der Waals surface area contributed by atoms with E-state index in [1.807, 2.05) is 24.5 Å². The van der Waals surface area contributed by atoms with Crippen molar-refractivity contribution >= 4 is 31.8 Å². The number of rotatable bonds is 6. The summed E-state index contributed by atoms with van der Waals surface area (Å²) in [6.45, 7) is 2.91. The van der Waals surface area contributed by atoms with Crippen LogP contribution >= 0.6 is 0 Å². The van der Waals surface area contributed by atoms with Gasteiger partial charge >= 0.3 is 0 Å². The zero-order chi connectivity index (χ0) is 23.0. The van der Waals surface area contributed by atoms with Crippen molar-refractivity contribution in [3.63, 3.8) is 0 Å². The maximum Gasteiger partial charge on any atom is 0.238 e. The molecule has 33 heavy (non-hydrogen) atoms. The Morgan fingerprint density at radius 1 is 1.12 bits per heavy atom. The molecular weight excluding hydrogens is 438 g/mol. The Hall–Kier alpha value is -2.94. The third-order valence-corrected chi connectivity index (χ3v) is 7.61. The Morgan fingerprint density at radius 2 is 1.94 bits per heavy atom. The van der Waals surface area contributed by atoms with E-state index < -0.39 is 10.0 Å². The number of nitrogens with zero attached hydrogens (tertiary/aromatic N) is 2. The molecule has 0 saturated carbocycles. The van der Waals surface area contributed by atoms with Crippen LogP contribution in [0.5, 0.6) is 5.75 Å². The molecule has 8 heteroatoms. The van der Waals surface area contributed by atoms with Crippen molar-refractivity contribution in [2.75, 3.05) is 26.7 Å². The molecule has 2 N–H and O–H groups in total. The number of benzene rings is 2. The van der Waals surface area contributed by atoms with Gasteiger partial charge in [-0.05, 0) is 62.2 Å². The lowest BCUT2D eigenvalue weighted by atomic mass is 9.90. The molecule has 0 atom stereocenters. The first-order valence-corrected chi connectivity index (χ1v) is 12.7. The van der Waals surface area contributed by atoms with E-state index in [4.69, 9.17) is 14.3 Å². The minimum atomic E-state index is -3.78. The normalized spacial score (nSPS) is 15.9. The number of sulfonamides is 1. The van der Waals surface area contributed by atoms with Crippen molar-refractivity contribution in [3.05, 3.63) is 66.2 Å². The van der Waals surface area contributed by atoms with Gasteiger partial charge in [-0.2, -0.15) is 0 Å². The molecule has 0 unspecified atom stereocenters. The molecule has 172 valence electrons. The van der Waals surface area contributed by atoms with E-state index in [-0.39, 0.29) is 4.90 Å². The van der Waals surface area contributed by atoms with Crippen LogP contribution in [0.2, 0.25) is 0 Å². The maximum atomic E-state index is 12.0. The largest absolute Gasteiger partial charge is 0.497 e. The van der Waals surface area contributed by atoms with Gasteiger partial charge in [-0.25, -0.2) is 13.6 Å². The molecular formula is C25H27N3O4S. The molecule has 5 rings (SSSR count). The number of hydrogen-bond donors (Lipinski definition) is 1. The van der Waals surface area contributed by atoms with E-state index in [0.717, 1.165) is 66.7 Å². The summed E-state index contributed by atoms with van der Waals surface area (Å²) in [4.78, 5) is 7.27. The molecule has 1 aliphatic heterocycles. The molecule has 0 radical (unpaired) electrons. The first-order chi connectivity index (χ1) is 15.9. The van der Waals surface area contributed by atoms with Gasteiger partial charge in [0, 0.05) is 40.9 Å². The van der Waals surface area contributed by atoms with Crippen LogP contribution in [-0.2, 0) is 16.4 Å². The van der Waals surface area contributed by atoms with Crippen molar-refractivity contribution in [2.45, 2.75) is 30.1 Å². The first-order valence-electron chi connectivity index (χ1n) is 11.1. The minimum Gasteiger partial charge on any atom is -0.497 e. The Balaban J connectivity index is 1.27. The van der Waals surface area contributed by atoms with Crippen LogP contribution in [0.4, 0.5) is 0 Å². The number of likely N-dealkylation sites (tertiary alicyclic amines) is 1. The lowest BCUT2D eigenvalue weighted by molar-refractivity contribution is 0.213. The van der Waals surface area contributed by atoms with E-state index in [9.17, 15) is 8.42 Å². The number of nitrogens with two attached hydrogens (primary N) is 1. The number of pyridine rings is 1. The maximum absolute atomic E-state index is 12.0. The van der Waals surface area contributed by atoms with Crippen molar-refractivity contribution in [1.82, 2.24) is 9.88 Å². The highest BCUT2D eigenvalue weighted by Gasteiger charge is 2.24. The summed E-state index contributed by atoms with van der Waals surface area (Å²) in [5, 5.41) is 8.09. The molecule has 0 aliphatic carbocycles. The number of hydrogen-bond acceptors (Lipinski definition) is 6. The van der Waals surface area contributed by atoms with Crippen LogP contribution in [0.15, 0.2) is 64.2 Å². The third kappa shape index (κ3) is 4.34. The molecule has 3 heterocycles. The summed E-state index contributed by atoms with van der Waals surface area (Å²) in [6.07, 6.45) is 6.43. The number of aromatic nitrogens is 1. The van der Waals surface area contributed by atoms with Crippen LogP contribution in [-0.4, -0.2) is 45.0 Å². The molecule has 1 aliphatic rings. The van der Waals surface area contributed by atoms with E-state index in [0.29, 0.717) is 11.3 Å². The average molecular weight is 466 g/mol. The Bertz CT molecular complexity index is 1410. The second-order valence-corrected chi connectivity index (χ2v) is 10.1. The minimum absolute atomic E-state index is 0.158. The van der Waals surface area contributed by atoms with Crippen LogP contribution in [0.3, 0.4) is 0 Å².